The van der Waals surface area contributed by atoms with Crippen LogP contribution < -0.4 is 16.2 Å². The molecule has 1 unspecified atom stereocenters. The smallest absolute Gasteiger partial charge is 0.258 e. The Morgan fingerprint density at radius 1 is 1.02 bits per heavy atom. The Labute approximate surface area is 252 Å². The van der Waals surface area contributed by atoms with Crippen molar-refractivity contribution in [2.24, 2.45) is 12.5 Å². The third-order valence-corrected chi connectivity index (χ3v) is 7.34. The molecule has 1 atom stereocenters. The minimum absolute atomic E-state index is 0.102. The number of alkyl halides is 2. The van der Waals surface area contributed by atoms with E-state index in [1.165, 1.54) is 17.0 Å². The summed E-state index contributed by atoms with van der Waals surface area (Å²) in [4.78, 5) is 17.4. The Hall–Kier alpha value is -5.36. The van der Waals surface area contributed by atoms with Crippen LogP contribution in [-0.2, 0) is 7.05 Å². The van der Waals surface area contributed by atoms with Crippen LogP contribution in [0.15, 0.2) is 59.8 Å². The molecule has 0 bridgehead atoms. The Morgan fingerprint density at radius 3 is 2.45 bits per heavy atom. The number of nitrogens with zero attached hydrogens (tertiary/aromatic N) is 7. The van der Waals surface area contributed by atoms with Crippen molar-refractivity contribution in [2.45, 2.75) is 32.9 Å². The van der Waals surface area contributed by atoms with Crippen LogP contribution in [0.25, 0.3) is 21.7 Å². The summed E-state index contributed by atoms with van der Waals surface area (Å²) in [5, 5.41) is 36.7. The van der Waals surface area contributed by atoms with Crippen LogP contribution >= 0.6 is 0 Å². The van der Waals surface area contributed by atoms with Gasteiger partial charge in [0.2, 0.25) is 0 Å². The van der Waals surface area contributed by atoms with E-state index in [0.717, 1.165) is 4.68 Å². The summed E-state index contributed by atoms with van der Waals surface area (Å²) in [6.07, 6.45) is 4.58. The van der Waals surface area contributed by atoms with E-state index in [9.17, 15) is 24.1 Å². The van der Waals surface area contributed by atoms with Crippen LogP contribution in [0.3, 0.4) is 0 Å². The zero-order valence-electron chi connectivity index (χ0n) is 24.8. The number of nitriles is 2. The number of fused-ring (bicyclic) bond motifs is 2. The second-order valence-corrected chi connectivity index (χ2v) is 11.8. The lowest BCUT2D eigenvalue weighted by molar-refractivity contribution is 0.269. The summed E-state index contributed by atoms with van der Waals surface area (Å²) in [7, 11) is 1.66. The minimum atomic E-state index is -1.13. The third kappa shape index (κ3) is 5.79. The summed E-state index contributed by atoms with van der Waals surface area (Å²) >= 11 is 0. The van der Waals surface area contributed by atoms with Gasteiger partial charge >= 0.3 is 0 Å². The predicted molar refractivity (Wildman–Crippen MR) is 165 cm³/mol. The molecule has 0 radical (unpaired) electrons. The number of anilines is 2. The van der Waals surface area contributed by atoms with Gasteiger partial charge in [-0.05, 0) is 40.6 Å². The average Bonchev–Trinajstić information content (AvgIpc) is 3.49. The average molecular weight is 596 g/mol. The molecule has 0 aliphatic rings. The molecule has 0 aliphatic carbocycles. The van der Waals surface area contributed by atoms with Crippen LogP contribution in [0, 0.1) is 28.1 Å². The fraction of sp³-hybridized carbons (Fsp3) is 0.312. The summed E-state index contributed by atoms with van der Waals surface area (Å²) in [6, 6.07) is 13.1. The van der Waals surface area contributed by atoms with E-state index < -0.39 is 25.4 Å². The highest BCUT2D eigenvalue weighted by Gasteiger charge is 2.24. The molecule has 2 N–H and O–H groups in total. The van der Waals surface area contributed by atoms with Crippen molar-refractivity contribution in [3.05, 3.63) is 87.7 Å². The Bertz CT molecular complexity index is 1990. The molecule has 0 amide bonds. The highest BCUT2D eigenvalue weighted by Crippen LogP contribution is 2.35. The van der Waals surface area contributed by atoms with E-state index in [1.54, 1.807) is 37.5 Å². The number of halogens is 2. The lowest BCUT2D eigenvalue weighted by atomic mass is 9.96. The second-order valence-electron chi connectivity index (χ2n) is 11.8. The standard InChI is InChI=1S/C32H31F2N9O/c1-32(2,3)18-38-29-20(15-36)16-37-28-19(14-35)10-21(11-26(28)29)39-30(27-17-43(41-40-27)22(12-33)13-34)24-6-5-7-25-23(24)8-9-42(4)31(25)44/h5-11,16-17,22,30,39H,12-13,18H2,1-4H3,(H,37,38). The zero-order chi connectivity index (χ0) is 31.6. The van der Waals surface area contributed by atoms with Crippen LogP contribution in [0.4, 0.5) is 20.2 Å². The summed E-state index contributed by atoms with van der Waals surface area (Å²) < 4.78 is 29.7. The van der Waals surface area contributed by atoms with Crippen molar-refractivity contribution in [2.75, 3.05) is 30.5 Å². The molecule has 0 aliphatic heterocycles. The molecular weight excluding hydrogens is 564 g/mol. The van der Waals surface area contributed by atoms with E-state index >= 15 is 0 Å². The van der Waals surface area contributed by atoms with E-state index in [-0.39, 0.29) is 16.5 Å². The Morgan fingerprint density at radius 2 is 1.77 bits per heavy atom. The maximum absolute atomic E-state index is 13.5. The van der Waals surface area contributed by atoms with Gasteiger partial charge in [-0.1, -0.05) is 38.1 Å². The molecular formula is C32H31F2N9O. The normalized spacial score (nSPS) is 12.3. The summed E-state index contributed by atoms with van der Waals surface area (Å²) in [6.45, 7) is 4.83. The Kier molecular flexibility index (Phi) is 8.28. The monoisotopic (exact) mass is 595 g/mol. The molecule has 0 saturated carbocycles. The first kappa shape index (κ1) is 30.1. The number of hydrogen-bond donors (Lipinski definition) is 2. The maximum Gasteiger partial charge on any atom is 0.258 e. The van der Waals surface area contributed by atoms with Gasteiger partial charge in [-0.15, -0.1) is 5.10 Å². The quantitative estimate of drug-likeness (QED) is 0.226. The number of rotatable bonds is 9. The fourth-order valence-corrected chi connectivity index (χ4v) is 5.01. The van der Waals surface area contributed by atoms with Gasteiger partial charge in [0.1, 0.15) is 37.2 Å². The van der Waals surface area contributed by atoms with Crippen molar-refractivity contribution in [1.29, 1.82) is 10.5 Å². The Balaban J connectivity index is 1.71. The van der Waals surface area contributed by atoms with Crippen molar-refractivity contribution in [1.82, 2.24) is 24.5 Å². The predicted octanol–water partition coefficient (Wildman–Crippen LogP) is 5.56. The first-order chi connectivity index (χ1) is 21.1. The largest absolute Gasteiger partial charge is 0.383 e. The van der Waals surface area contributed by atoms with Gasteiger partial charge in [-0.3, -0.25) is 9.78 Å². The van der Waals surface area contributed by atoms with Gasteiger partial charge in [0, 0.05) is 42.4 Å². The van der Waals surface area contributed by atoms with Crippen LogP contribution in [0.1, 0.15) is 55.2 Å². The molecule has 44 heavy (non-hydrogen) atoms. The van der Waals surface area contributed by atoms with Crippen molar-refractivity contribution >= 4 is 33.1 Å². The molecule has 5 aromatic rings. The molecule has 2 aromatic carbocycles. The lowest BCUT2D eigenvalue weighted by Gasteiger charge is -2.23. The number of benzene rings is 2. The highest BCUT2D eigenvalue weighted by atomic mass is 19.1. The SMILES string of the molecule is Cn1ccc2c(C(Nc3cc(C#N)c4ncc(C#N)c(NCC(C)(C)C)c4c3)c3cn(C(CF)CF)nn3)cccc2c1=O. The second kappa shape index (κ2) is 12.1. The van der Waals surface area contributed by atoms with Crippen LogP contribution in [0.5, 0.6) is 0 Å². The van der Waals surface area contributed by atoms with Crippen LogP contribution in [-0.4, -0.2) is 44.4 Å². The van der Waals surface area contributed by atoms with Crippen molar-refractivity contribution in [3.63, 3.8) is 0 Å². The van der Waals surface area contributed by atoms with E-state index in [2.05, 4.69) is 58.8 Å². The van der Waals surface area contributed by atoms with Crippen LogP contribution in [0.2, 0.25) is 0 Å². The number of aryl methyl sites for hydroxylation is 1. The van der Waals surface area contributed by atoms with Crippen molar-refractivity contribution in [3.8, 4) is 12.1 Å². The molecule has 12 heteroatoms. The number of hydrogen-bond acceptors (Lipinski definition) is 8. The first-order valence-corrected chi connectivity index (χ1v) is 14.0. The van der Waals surface area contributed by atoms with Gasteiger partial charge in [0.15, 0.2) is 0 Å². The van der Waals surface area contributed by atoms with Gasteiger partial charge in [0.25, 0.3) is 5.56 Å². The zero-order valence-corrected chi connectivity index (χ0v) is 24.8. The lowest BCUT2D eigenvalue weighted by Crippen LogP contribution is -2.20. The number of pyridine rings is 2. The number of nitrogens with one attached hydrogen (secondary N) is 2. The first-order valence-electron chi connectivity index (χ1n) is 14.0. The van der Waals surface area contributed by atoms with E-state index in [1.807, 2.05) is 12.1 Å². The van der Waals surface area contributed by atoms with E-state index in [0.29, 0.717) is 56.4 Å². The molecule has 0 fully saturated rings. The molecule has 5 rings (SSSR count). The van der Waals surface area contributed by atoms with Gasteiger partial charge in [-0.2, -0.15) is 10.5 Å². The molecule has 224 valence electrons. The highest BCUT2D eigenvalue weighted by molar-refractivity contribution is 5.99. The fourth-order valence-electron chi connectivity index (χ4n) is 5.01. The summed E-state index contributed by atoms with van der Waals surface area (Å²) in [5.41, 5.74) is 2.80. The third-order valence-electron chi connectivity index (χ3n) is 7.34. The van der Waals surface area contributed by atoms with Gasteiger partial charge in [-0.25, -0.2) is 13.5 Å². The van der Waals surface area contributed by atoms with Gasteiger partial charge in [0.05, 0.1) is 34.6 Å². The molecule has 10 nitrogen and oxygen atoms in total. The summed E-state index contributed by atoms with van der Waals surface area (Å²) in [5.74, 6) is 0. The molecule has 0 spiro atoms. The molecule has 3 aromatic heterocycles. The van der Waals surface area contributed by atoms with Crippen molar-refractivity contribution < 1.29 is 8.78 Å². The van der Waals surface area contributed by atoms with Gasteiger partial charge < -0.3 is 15.2 Å². The molecule has 0 saturated heterocycles. The molecule has 3 heterocycles. The van der Waals surface area contributed by atoms with E-state index in [4.69, 9.17) is 0 Å². The topological polar surface area (TPSA) is 137 Å². The maximum atomic E-state index is 13.5. The minimum Gasteiger partial charge on any atom is -0.383 e. The number of aromatic nitrogens is 5.